The first-order valence-electron chi connectivity index (χ1n) is 30.2. The maximum Gasteiger partial charge on any atom is 0.306 e. The van der Waals surface area contributed by atoms with Crippen LogP contribution in [0.15, 0.2) is 0 Å². The number of hydrogen-bond donors (Lipinski definition) is 0. The maximum absolute atomic E-state index is 12.9. The number of rotatable bonds is 55. The highest BCUT2D eigenvalue weighted by molar-refractivity contribution is 5.71. The summed E-state index contributed by atoms with van der Waals surface area (Å²) in [5.41, 5.74) is 0. The quantitative estimate of drug-likeness (QED) is 0.0343. The third-order valence-electron chi connectivity index (χ3n) is 14.0. The van der Waals surface area contributed by atoms with E-state index < -0.39 is 6.10 Å². The topological polar surface area (TPSA) is 78.9 Å². The van der Waals surface area contributed by atoms with Gasteiger partial charge in [0.15, 0.2) is 6.10 Å². The van der Waals surface area contributed by atoms with Gasteiger partial charge in [0.2, 0.25) is 0 Å². The van der Waals surface area contributed by atoms with Gasteiger partial charge in [-0.15, -0.1) is 0 Å². The fourth-order valence-electron chi connectivity index (χ4n) is 9.40. The lowest BCUT2D eigenvalue weighted by molar-refractivity contribution is -0.167. The average Bonchev–Trinajstić information content (AvgIpc) is 3.30. The van der Waals surface area contributed by atoms with E-state index in [1.807, 2.05) is 0 Å². The molecular formula is C61H118O6. The summed E-state index contributed by atoms with van der Waals surface area (Å²) in [6.07, 6.45) is 58.1. The van der Waals surface area contributed by atoms with Gasteiger partial charge in [-0.25, -0.2) is 0 Å². The van der Waals surface area contributed by atoms with Crippen molar-refractivity contribution in [2.24, 2.45) is 11.8 Å². The van der Waals surface area contributed by atoms with E-state index in [1.165, 1.54) is 231 Å². The highest BCUT2D eigenvalue weighted by Crippen LogP contribution is 2.18. The van der Waals surface area contributed by atoms with E-state index in [0.29, 0.717) is 19.3 Å². The van der Waals surface area contributed by atoms with Crippen LogP contribution in [0, 0.1) is 11.8 Å². The molecule has 0 radical (unpaired) electrons. The second kappa shape index (κ2) is 53.8. The molecular weight excluding hydrogens is 829 g/mol. The van der Waals surface area contributed by atoms with E-state index in [1.54, 1.807) is 0 Å². The molecule has 0 aromatic rings. The molecule has 0 aliphatic heterocycles. The molecule has 0 saturated heterocycles. The van der Waals surface area contributed by atoms with Crippen molar-refractivity contribution in [1.29, 1.82) is 0 Å². The number of hydrogen-bond acceptors (Lipinski definition) is 6. The van der Waals surface area contributed by atoms with Crippen LogP contribution in [0.5, 0.6) is 0 Å². The van der Waals surface area contributed by atoms with Gasteiger partial charge < -0.3 is 14.2 Å². The van der Waals surface area contributed by atoms with E-state index in [2.05, 4.69) is 34.6 Å². The minimum absolute atomic E-state index is 0.0622. The SMILES string of the molecule is CCCCCCCCCCCCCCCCCCC(=O)OC[C@H](COC(=O)CCCCCCCCCCCCCCCC(C)C)OC(=O)CCCCCCCCCCCCCCCCC(C)C. The van der Waals surface area contributed by atoms with Crippen molar-refractivity contribution in [3.8, 4) is 0 Å². The van der Waals surface area contributed by atoms with Gasteiger partial charge in [0.25, 0.3) is 0 Å². The van der Waals surface area contributed by atoms with Crippen molar-refractivity contribution >= 4 is 17.9 Å². The second-order valence-electron chi connectivity index (χ2n) is 21.9. The number of unbranched alkanes of at least 4 members (excludes halogenated alkanes) is 40. The van der Waals surface area contributed by atoms with Gasteiger partial charge in [0, 0.05) is 19.3 Å². The number of esters is 3. The third-order valence-corrected chi connectivity index (χ3v) is 14.0. The first kappa shape index (κ1) is 65.4. The largest absolute Gasteiger partial charge is 0.462 e. The molecule has 0 aliphatic carbocycles. The minimum Gasteiger partial charge on any atom is -0.462 e. The molecule has 0 amide bonds. The highest BCUT2D eigenvalue weighted by atomic mass is 16.6. The van der Waals surface area contributed by atoms with Gasteiger partial charge in [-0.05, 0) is 31.1 Å². The molecule has 0 aromatic carbocycles. The summed E-state index contributed by atoms with van der Waals surface area (Å²) in [5.74, 6) is 0.848. The van der Waals surface area contributed by atoms with Gasteiger partial charge in [-0.1, -0.05) is 304 Å². The maximum atomic E-state index is 12.9. The normalized spacial score (nSPS) is 12.0. The van der Waals surface area contributed by atoms with Crippen LogP contribution in [0.2, 0.25) is 0 Å². The Bertz CT molecular complexity index is 1020. The molecule has 0 saturated carbocycles. The lowest BCUT2D eigenvalue weighted by Crippen LogP contribution is -2.30. The molecule has 0 fully saturated rings. The van der Waals surface area contributed by atoms with Crippen molar-refractivity contribution in [2.45, 2.75) is 349 Å². The number of carbonyl (C=O) groups is 3. The van der Waals surface area contributed by atoms with Crippen molar-refractivity contribution in [3.05, 3.63) is 0 Å². The van der Waals surface area contributed by atoms with E-state index in [4.69, 9.17) is 14.2 Å². The van der Waals surface area contributed by atoms with Crippen molar-refractivity contribution in [1.82, 2.24) is 0 Å². The van der Waals surface area contributed by atoms with E-state index >= 15 is 0 Å². The van der Waals surface area contributed by atoms with Crippen LogP contribution >= 0.6 is 0 Å². The van der Waals surface area contributed by atoms with Gasteiger partial charge in [-0.3, -0.25) is 14.4 Å². The number of carbonyl (C=O) groups excluding carboxylic acids is 3. The van der Waals surface area contributed by atoms with Gasteiger partial charge in [0.1, 0.15) is 13.2 Å². The molecule has 398 valence electrons. The molecule has 0 N–H and O–H groups in total. The highest BCUT2D eigenvalue weighted by Gasteiger charge is 2.19. The fourth-order valence-corrected chi connectivity index (χ4v) is 9.40. The van der Waals surface area contributed by atoms with Crippen molar-refractivity contribution in [3.63, 3.8) is 0 Å². The summed E-state index contributed by atoms with van der Waals surface area (Å²) in [7, 11) is 0. The molecule has 0 unspecified atom stereocenters. The summed E-state index contributed by atoms with van der Waals surface area (Å²) < 4.78 is 16.9. The Morgan fingerprint density at radius 1 is 0.284 bits per heavy atom. The lowest BCUT2D eigenvalue weighted by atomic mass is 10.0. The van der Waals surface area contributed by atoms with Crippen LogP contribution < -0.4 is 0 Å². The van der Waals surface area contributed by atoms with Crippen LogP contribution in [0.1, 0.15) is 343 Å². The molecule has 1 atom stereocenters. The zero-order valence-electron chi connectivity index (χ0n) is 46.0. The smallest absolute Gasteiger partial charge is 0.306 e. The predicted octanol–water partition coefficient (Wildman–Crippen LogP) is 20.0. The van der Waals surface area contributed by atoms with Gasteiger partial charge >= 0.3 is 17.9 Å². The van der Waals surface area contributed by atoms with E-state index in [0.717, 1.165) is 69.6 Å². The van der Waals surface area contributed by atoms with Crippen LogP contribution in [0.4, 0.5) is 0 Å². The van der Waals surface area contributed by atoms with Crippen LogP contribution in [-0.4, -0.2) is 37.2 Å². The number of ether oxygens (including phenoxy) is 3. The summed E-state index contributed by atoms with van der Waals surface area (Å²) >= 11 is 0. The molecule has 0 bridgehead atoms. The molecule has 6 heteroatoms. The first-order chi connectivity index (χ1) is 32.7. The summed E-state index contributed by atoms with van der Waals surface area (Å²) in [4.78, 5) is 38.2. The molecule has 0 heterocycles. The monoisotopic (exact) mass is 947 g/mol. The Morgan fingerprint density at radius 3 is 0.731 bits per heavy atom. The predicted molar refractivity (Wildman–Crippen MR) is 289 cm³/mol. The average molecular weight is 948 g/mol. The Balaban J connectivity index is 4.30. The summed E-state index contributed by atoms with van der Waals surface area (Å²) in [5, 5.41) is 0. The molecule has 0 rings (SSSR count). The third kappa shape index (κ3) is 55.2. The Hall–Kier alpha value is -1.59. The minimum atomic E-state index is -0.763. The lowest BCUT2D eigenvalue weighted by Gasteiger charge is -2.18. The molecule has 0 aromatic heterocycles. The molecule has 6 nitrogen and oxygen atoms in total. The summed E-state index contributed by atoms with van der Waals surface area (Å²) in [6.45, 7) is 11.4. The van der Waals surface area contributed by atoms with Crippen LogP contribution in [0.3, 0.4) is 0 Å². The molecule has 0 aliphatic rings. The van der Waals surface area contributed by atoms with Crippen LogP contribution in [-0.2, 0) is 28.6 Å². The Morgan fingerprint density at radius 2 is 0.493 bits per heavy atom. The Labute approximate surface area is 418 Å². The second-order valence-corrected chi connectivity index (χ2v) is 21.9. The van der Waals surface area contributed by atoms with Crippen molar-refractivity contribution < 1.29 is 28.6 Å². The standard InChI is InChI=1S/C61H118O6/c1-6-7-8-9-10-11-12-13-14-15-21-26-31-36-41-46-51-59(62)65-54-58(55-66-60(63)52-47-42-37-32-27-23-18-20-25-30-35-40-45-50-57(4)5)67-61(64)53-48-43-38-33-28-22-17-16-19-24-29-34-39-44-49-56(2)3/h56-58H,6-55H2,1-5H3/t58-/m1/s1. The van der Waals surface area contributed by atoms with E-state index in [9.17, 15) is 14.4 Å². The molecule has 0 spiro atoms. The molecule has 67 heavy (non-hydrogen) atoms. The zero-order valence-corrected chi connectivity index (χ0v) is 46.0. The first-order valence-corrected chi connectivity index (χ1v) is 30.2. The van der Waals surface area contributed by atoms with E-state index in [-0.39, 0.29) is 31.1 Å². The van der Waals surface area contributed by atoms with Gasteiger partial charge in [0.05, 0.1) is 0 Å². The Kier molecular flexibility index (Phi) is 52.5. The zero-order chi connectivity index (χ0) is 48.9. The summed E-state index contributed by atoms with van der Waals surface area (Å²) in [6, 6.07) is 0. The van der Waals surface area contributed by atoms with Crippen molar-refractivity contribution in [2.75, 3.05) is 13.2 Å². The van der Waals surface area contributed by atoms with Crippen LogP contribution in [0.25, 0.3) is 0 Å². The fraction of sp³-hybridized carbons (Fsp3) is 0.951. The van der Waals surface area contributed by atoms with Gasteiger partial charge in [-0.2, -0.15) is 0 Å².